The van der Waals surface area contributed by atoms with Crippen LogP contribution in [0.1, 0.15) is 27.2 Å². The number of nitrogens with zero attached hydrogens (tertiary/aromatic N) is 5. The summed E-state index contributed by atoms with van der Waals surface area (Å²) in [7, 11) is 0. The van der Waals surface area contributed by atoms with Crippen molar-refractivity contribution in [2.45, 2.75) is 44.9 Å². The van der Waals surface area contributed by atoms with Crippen LogP contribution < -0.4 is 4.90 Å². The van der Waals surface area contributed by atoms with E-state index in [2.05, 4.69) is 14.8 Å². The molecule has 0 aliphatic carbocycles. The number of thioether (sulfide) groups is 1. The molecule has 2 amide bonds. The van der Waals surface area contributed by atoms with Crippen molar-refractivity contribution in [3.63, 3.8) is 0 Å². The number of hydrogen-bond donors (Lipinski definition) is 0. The summed E-state index contributed by atoms with van der Waals surface area (Å²) < 4.78 is 5.65. The first-order chi connectivity index (χ1) is 15.2. The van der Waals surface area contributed by atoms with E-state index in [0.717, 1.165) is 44.3 Å². The number of likely N-dealkylation sites (tertiary alicyclic amines) is 1. The fraction of sp³-hybridized carbons (Fsp3) is 0.682. The summed E-state index contributed by atoms with van der Waals surface area (Å²) in [6, 6.07) is 3.37. The SMILES string of the molecule is CC(C)(C)OC(=O)N1C[C@@H](N2CCN(c3ncccc3Cl)CC2)C[C@H]1C(=O)N1CCSC1. The summed E-state index contributed by atoms with van der Waals surface area (Å²) in [5.41, 5.74) is -0.597. The number of hydrogen-bond acceptors (Lipinski definition) is 7. The molecule has 0 spiro atoms. The van der Waals surface area contributed by atoms with E-state index in [-0.39, 0.29) is 11.9 Å². The maximum atomic E-state index is 13.2. The Kier molecular flexibility index (Phi) is 7.07. The molecule has 4 rings (SSSR count). The van der Waals surface area contributed by atoms with Crippen molar-refractivity contribution >= 4 is 41.2 Å². The van der Waals surface area contributed by atoms with Gasteiger partial charge in [0.25, 0.3) is 0 Å². The molecule has 1 aromatic rings. The Balaban J connectivity index is 1.43. The second kappa shape index (κ2) is 9.65. The average molecular weight is 482 g/mol. The van der Waals surface area contributed by atoms with Crippen molar-refractivity contribution in [2.24, 2.45) is 0 Å². The van der Waals surface area contributed by atoms with Crippen LogP contribution >= 0.6 is 23.4 Å². The van der Waals surface area contributed by atoms with E-state index in [4.69, 9.17) is 16.3 Å². The van der Waals surface area contributed by atoms with Crippen molar-refractivity contribution in [2.75, 3.05) is 55.8 Å². The van der Waals surface area contributed by atoms with E-state index in [1.54, 1.807) is 22.9 Å². The van der Waals surface area contributed by atoms with Crippen LogP contribution in [0.15, 0.2) is 18.3 Å². The maximum Gasteiger partial charge on any atom is 0.411 e. The van der Waals surface area contributed by atoms with Crippen molar-refractivity contribution < 1.29 is 14.3 Å². The van der Waals surface area contributed by atoms with Crippen molar-refractivity contribution in [3.8, 4) is 0 Å². The van der Waals surface area contributed by atoms with Gasteiger partial charge in [0.2, 0.25) is 5.91 Å². The third kappa shape index (κ3) is 5.26. The number of ether oxygens (including phenoxy) is 1. The topological polar surface area (TPSA) is 69.2 Å². The van der Waals surface area contributed by atoms with E-state index >= 15 is 0 Å². The highest BCUT2D eigenvalue weighted by atomic mass is 35.5. The van der Waals surface area contributed by atoms with Gasteiger partial charge in [-0.3, -0.25) is 14.6 Å². The minimum Gasteiger partial charge on any atom is -0.444 e. The Morgan fingerprint density at radius 3 is 2.56 bits per heavy atom. The van der Waals surface area contributed by atoms with Gasteiger partial charge >= 0.3 is 6.09 Å². The number of anilines is 1. The van der Waals surface area contributed by atoms with Gasteiger partial charge in [-0.2, -0.15) is 0 Å². The van der Waals surface area contributed by atoms with Crippen LogP contribution in [0.2, 0.25) is 5.02 Å². The number of rotatable bonds is 3. The number of carbonyl (C=O) groups excluding carboxylic acids is 2. The standard InChI is InChI=1S/C22H32ClN5O3S/c1-22(2,3)31-21(30)28-14-16(13-18(28)20(29)27-11-12-32-15-27)25-7-9-26(10-8-25)19-17(23)5-4-6-24-19/h4-6,16,18H,7-15H2,1-3H3/t16-,18-/m0/s1. The predicted molar refractivity (Wildman–Crippen MR) is 127 cm³/mol. The Morgan fingerprint density at radius 1 is 1.19 bits per heavy atom. The summed E-state index contributed by atoms with van der Waals surface area (Å²) in [5.74, 6) is 2.51. The fourth-order valence-corrected chi connectivity index (χ4v) is 5.74. The number of piperazine rings is 1. The first-order valence-corrected chi connectivity index (χ1v) is 12.7. The van der Waals surface area contributed by atoms with E-state index in [1.807, 2.05) is 37.8 Å². The smallest absolute Gasteiger partial charge is 0.411 e. The number of carbonyl (C=O) groups is 2. The lowest BCUT2D eigenvalue weighted by Crippen LogP contribution is -2.51. The van der Waals surface area contributed by atoms with Gasteiger partial charge in [0.1, 0.15) is 17.5 Å². The molecule has 4 heterocycles. The lowest BCUT2D eigenvalue weighted by Gasteiger charge is -2.38. The molecule has 176 valence electrons. The zero-order valence-corrected chi connectivity index (χ0v) is 20.6. The lowest BCUT2D eigenvalue weighted by atomic mass is 10.1. The average Bonchev–Trinajstić information content (AvgIpc) is 3.43. The first-order valence-electron chi connectivity index (χ1n) is 11.2. The van der Waals surface area contributed by atoms with Crippen LogP contribution in [0.5, 0.6) is 0 Å². The van der Waals surface area contributed by atoms with E-state index in [1.165, 1.54) is 0 Å². The van der Waals surface area contributed by atoms with Gasteiger partial charge in [-0.15, -0.1) is 11.8 Å². The zero-order valence-electron chi connectivity index (χ0n) is 19.0. The molecule has 32 heavy (non-hydrogen) atoms. The predicted octanol–water partition coefficient (Wildman–Crippen LogP) is 2.77. The second-order valence-corrected chi connectivity index (χ2v) is 11.0. The number of aromatic nitrogens is 1. The van der Waals surface area contributed by atoms with Gasteiger partial charge in [0, 0.05) is 57.3 Å². The highest BCUT2D eigenvalue weighted by molar-refractivity contribution is 7.99. The first kappa shape index (κ1) is 23.4. The van der Waals surface area contributed by atoms with Crippen molar-refractivity contribution in [3.05, 3.63) is 23.4 Å². The van der Waals surface area contributed by atoms with Gasteiger partial charge in [-0.1, -0.05) is 11.6 Å². The van der Waals surface area contributed by atoms with Crippen LogP contribution in [-0.2, 0) is 9.53 Å². The van der Waals surface area contributed by atoms with Crippen LogP contribution in [-0.4, -0.2) is 100 Å². The minimum atomic E-state index is -0.597. The van der Waals surface area contributed by atoms with Crippen LogP contribution in [0.3, 0.4) is 0 Å². The quantitative estimate of drug-likeness (QED) is 0.657. The van der Waals surface area contributed by atoms with Gasteiger partial charge in [-0.05, 0) is 39.3 Å². The molecule has 0 saturated carbocycles. The Morgan fingerprint density at radius 2 is 1.94 bits per heavy atom. The summed E-state index contributed by atoms with van der Waals surface area (Å²) in [6.07, 6.45) is 2.00. The van der Waals surface area contributed by atoms with Crippen molar-refractivity contribution in [1.82, 2.24) is 19.7 Å². The monoisotopic (exact) mass is 481 g/mol. The molecule has 0 radical (unpaired) electrons. The normalized spacial score (nSPS) is 24.8. The second-order valence-electron chi connectivity index (χ2n) is 9.51. The summed E-state index contributed by atoms with van der Waals surface area (Å²) in [4.78, 5) is 38.8. The molecule has 3 fully saturated rings. The van der Waals surface area contributed by atoms with Gasteiger partial charge in [-0.25, -0.2) is 9.78 Å². The third-order valence-corrected chi connectivity index (χ3v) is 7.39. The molecule has 10 heteroatoms. The number of amides is 2. The summed E-state index contributed by atoms with van der Waals surface area (Å²) >= 11 is 8.08. The zero-order chi connectivity index (χ0) is 22.9. The molecule has 3 saturated heterocycles. The van der Waals surface area contributed by atoms with Crippen molar-refractivity contribution in [1.29, 1.82) is 0 Å². The fourth-order valence-electron chi connectivity index (χ4n) is 4.54. The highest BCUT2D eigenvalue weighted by Crippen LogP contribution is 2.30. The molecule has 2 atom stereocenters. The molecule has 8 nitrogen and oxygen atoms in total. The molecule has 3 aliphatic rings. The van der Waals surface area contributed by atoms with Crippen LogP contribution in [0.4, 0.5) is 10.6 Å². The molecule has 3 aliphatic heterocycles. The minimum absolute atomic E-state index is 0.0438. The Hall–Kier alpha value is -1.71. The molecule has 0 unspecified atom stereocenters. The van der Waals surface area contributed by atoms with Crippen LogP contribution in [0, 0.1) is 0 Å². The summed E-state index contributed by atoms with van der Waals surface area (Å²) in [6.45, 7) is 10.1. The Labute approximate surface area is 199 Å². The summed E-state index contributed by atoms with van der Waals surface area (Å²) in [5, 5.41) is 0.659. The Bertz CT molecular complexity index is 837. The van der Waals surface area contributed by atoms with E-state index < -0.39 is 17.7 Å². The van der Waals surface area contributed by atoms with Gasteiger partial charge in [0.05, 0.1) is 10.9 Å². The maximum absolute atomic E-state index is 13.2. The number of pyridine rings is 1. The largest absolute Gasteiger partial charge is 0.444 e. The molecular formula is C22H32ClN5O3S. The molecule has 1 aromatic heterocycles. The van der Waals surface area contributed by atoms with Gasteiger partial charge in [0.15, 0.2) is 0 Å². The molecule has 0 bridgehead atoms. The molecule has 0 aromatic carbocycles. The van der Waals surface area contributed by atoms with E-state index in [0.29, 0.717) is 23.9 Å². The number of halogens is 1. The lowest BCUT2D eigenvalue weighted by molar-refractivity contribution is -0.134. The van der Waals surface area contributed by atoms with Crippen LogP contribution in [0.25, 0.3) is 0 Å². The molecular weight excluding hydrogens is 450 g/mol. The third-order valence-electron chi connectivity index (χ3n) is 6.13. The highest BCUT2D eigenvalue weighted by Gasteiger charge is 2.45. The van der Waals surface area contributed by atoms with Gasteiger partial charge < -0.3 is 14.5 Å². The molecule has 0 N–H and O–H groups in total. The van der Waals surface area contributed by atoms with E-state index in [9.17, 15) is 9.59 Å².